The van der Waals surface area contributed by atoms with Gasteiger partial charge in [0.15, 0.2) is 6.61 Å². The average Bonchev–Trinajstić information content (AvgIpc) is 2.47. The SMILES string of the molecule is Cc1cc(C)cc(OCC(=O)Nc2c(C)cc([N+](=O)[O-])cc2C)c1. The van der Waals surface area contributed by atoms with Crippen molar-refractivity contribution in [3.8, 4) is 5.75 Å². The van der Waals surface area contributed by atoms with E-state index in [0.717, 1.165) is 11.1 Å². The topological polar surface area (TPSA) is 81.5 Å². The van der Waals surface area contributed by atoms with Crippen LogP contribution in [0.2, 0.25) is 0 Å². The van der Waals surface area contributed by atoms with Gasteiger partial charge in [-0.2, -0.15) is 0 Å². The van der Waals surface area contributed by atoms with Gasteiger partial charge in [0, 0.05) is 17.8 Å². The summed E-state index contributed by atoms with van der Waals surface area (Å²) in [4.78, 5) is 22.5. The number of carbonyl (C=O) groups excluding carboxylic acids is 1. The molecule has 6 nitrogen and oxygen atoms in total. The second-order valence-corrected chi connectivity index (χ2v) is 5.87. The highest BCUT2D eigenvalue weighted by atomic mass is 16.6. The molecule has 0 aliphatic heterocycles. The van der Waals surface area contributed by atoms with E-state index < -0.39 is 4.92 Å². The van der Waals surface area contributed by atoms with E-state index in [9.17, 15) is 14.9 Å². The van der Waals surface area contributed by atoms with E-state index in [1.807, 2.05) is 32.0 Å². The van der Waals surface area contributed by atoms with Crippen LogP contribution in [0.3, 0.4) is 0 Å². The maximum atomic E-state index is 12.1. The molecule has 0 heterocycles. The molecule has 0 aromatic heterocycles. The van der Waals surface area contributed by atoms with Crippen LogP contribution in [0.5, 0.6) is 5.75 Å². The first-order valence-corrected chi connectivity index (χ1v) is 7.53. The first-order valence-electron chi connectivity index (χ1n) is 7.53. The zero-order chi connectivity index (χ0) is 17.9. The van der Waals surface area contributed by atoms with Gasteiger partial charge in [0.05, 0.1) is 4.92 Å². The number of carbonyl (C=O) groups is 1. The van der Waals surface area contributed by atoms with Crippen LogP contribution in [0.1, 0.15) is 22.3 Å². The summed E-state index contributed by atoms with van der Waals surface area (Å²) in [5.74, 6) is 0.328. The molecular formula is C18H20N2O4. The summed E-state index contributed by atoms with van der Waals surface area (Å²) in [6.07, 6.45) is 0. The highest BCUT2D eigenvalue weighted by Crippen LogP contribution is 2.26. The van der Waals surface area contributed by atoms with Gasteiger partial charge < -0.3 is 10.1 Å². The van der Waals surface area contributed by atoms with E-state index in [0.29, 0.717) is 22.6 Å². The Morgan fingerprint density at radius 3 is 2.08 bits per heavy atom. The minimum absolute atomic E-state index is 0.00878. The number of amides is 1. The van der Waals surface area contributed by atoms with Crippen LogP contribution in [-0.2, 0) is 4.79 Å². The number of aryl methyl sites for hydroxylation is 4. The van der Waals surface area contributed by atoms with Crippen LogP contribution in [0.4, 0.5) is 11.4 Å². The molecule has 0 saturated carbocycles. The molecule has 1 amide bonds. The van der Waals surface area contributed by atoms with E-state index in [1.165, 1.54) is 12.1 Å². The number of nitro groups is 1. The van der Waals surface area contributed by atoms with Gasteiger partial charge in [-0.3, -0.25) is 14.9 Å². The monoisotopic (exact) mass is 328 g/mol. The zero-order valence-electron chi connectivity index (χ0n) is 14.2. The Bertz CT molecular complexity index is 756. The number of hydrogen-bond acceptors (Lipinski definition) is 4. The van der Waals surface area contributed by atoms with Crippen LogP contribution in [0.15, 0.2) is 30.3 Å². The Hall–Kier alpha value is -2.89. The summed E-state index contributed by atoms with van der Waals surface area (Å²) >= 11 is 0. The smallest absolute Gasteiger partial charge is 0.270 e. The molecule has 24 heavy (non-hydrogen) atoms. The molecule has 2 aromatic carbocycles. The molecule has 1 N–H and O–H groups in total. The average molecular weight is 328 g/mol. The Kier molecular flexibility index (Phi) is 5.18. The third-order valence-corrected chi connectivity index (χ3v) is 3.56. The molecule has 2 aromatic rings. The van der Waals surface area contributed by atoms with Crippen molar-refractivity contribution < 1.29 is 14.5 Å². The quantitative estimate of drug-likeness (QED) is 0.668. The predicted molar refractivity (Wildman–Crippen MR) is 92.6 cm³/mol. The summed E-state index contributed by atoms with van der Waals surface area (Å²) in [6, 6.07) is 8.63. The van der Waals surface area contributed by atoms with E-state index in [-0.39, 0.29) is 18.2 Å². The minimum Gasteiger partial charge on any atom is -0.484 e. The normalized spacial score (nSPS) is 10.3. The Morgan fingerprint density at radius 1 is 1.04 bits per heavy atom. The lowest BCUT2D eigenvalue weighted by Gasteiger charge is -2.12. The highest BCUT2D eigenvalue weighted by molar-refractivity contribution is 5.93. The number of ether oxygens (including phenoxy) is 1. The Morgan fingerprint density at radius 2 is 1.58 bits per heavy atom. The maximum absolute atomic E-state index is 12.1. The van der Waals surface area contributed by atoms with Crippen molar-refractivity contribution in [3.63, 3.8) is 0 Å². The molecule has 0 saturated heterocycles. The molecule has 0 unspecified atom stereocenters. The van der Waals surface area contributed by atoms with Crippen molar-refractivity contribution in [2.45, 2.75) is 27.7 Å². The number of nitrogens with one attached hydrogen (secondary N) is 1. The van der Waals surface area contributed by atoms with Crippen LogP contribution in [-0.4, -0.2) is 17.4 Å². The molecule has 0 aliphatic carbocycles. The third kappa shape index (κ3) is 4.32. The summed E-state index contributed by atoms with van der Waals surface area (Å²) in [7, 11) is 0. The van der Waals surface area contributed by atoms with Crippen molar-refractivity contribution in [3.05, 3.63) is 62.7 Å². The lowest BCUT2D eigenvalue weighted by atomic mass is 10.1. The number of benzene rings is 2. The summed E-state index contributed by atoms with van der Waals surface area (Å²) in [6.45, 7) is 7.24. The molecule has 6 heteroatoms. The van der Waals surface area contributed by atoms with Gasteiger partial charge in [0.1, 0.15) is 5.75 Å². The fourth-order valence-electron chi connectivity index (χ4n) is 2.58. The van der Waals surface area contributed by atoms with E-state index in [2.05, 4.69) is 5.32 Å². The summed E-state index contributed by atoms with van der Waals surface area (Å²) in [5, 5.41) is 13.6. The van der Waals surface area contributed by atoms with Crippen molar-refractivity contribution >= 4 is 17.3 Å². The standard InChI is InChI=1S/C18H20N2O4/c1-11-5-12(2)7-16(6-11)24-10-17(21)19-18-13(3)8-15(20(22)23)9-14(18)4/h5-9H,10H2,1-4H3,(H,19,21). The second-order valence-electron chi connectivity index (χ2n) is 5.87. The number of rotatable bonds is 5. The van der Waals surface area contributed by atoms with E-state index in [4.69, 9.17) is 4.74 Å². The molecular weight excluding hydrogens is 308 g/mol. The van der Waals surface area contributed by atoms with Crippen LogP contribution >= 0.6 is 0 Å². The van der Waals surface area contributed by atoms with Crippen molar-refractivity contribution in [1.82, 2.24) is 0 Å². The Labute approximate surface area is 140 Å². The van der Waals surface area contributed by atoms with Crippen LogP contribution in [0.25, 0.3) is 0 Å². The highest BCUT2D eigenvalue weighted by Gasteiger charge is 2.14. The lowest BCUT2D eigenvalue weighted by Crippen LogP contribution is -2.21. The van der Waals surface area contributed by atoms with Crippen LogP contribution < -0.4 is 10.1 Å². The van der Waals surface area contributed by atoms with Gasteiger partial charge in [-0.05, 0) is 62.1 Å². The number of nitro benzene ring substituents is 1. The van der Waals surface area contributed by atoms with E-state index in [1.54, 1.807) is 13.8 Å². The van der Waals surface area contributed by atoms with Gasteiger partial charge >= 0.3 is 0 Å². The van der Waals surface area contributed by atoms with E-state index >= 15 is 0 Å². The van der Waals surface area contributed by atoms with Crippen molar-refractivity contribution in [2.75, 3.05) is 11.9 Å². The van der Waals surface area contributed by atoms with Gasteiger partial charge in [0.2, 0.25) is 0 Å². The molecule has 126 valence electrons. The van der Waals surface area contributed by atoms with Crippen molar-refractivity contribution in [1.29, 1.82) is 0 Å². The first kappa shape index (κ1) is 17.5. The second kappa shape index (κ2) is 7.12. The molecule has 0 radical (unpaired) electrons. The van der Waals surface area contributed by atoms with Gasteiger partial charge in [-0.15, -0.1) is 0 Å². The predicted octanol–water partition coefficient (Wildman–Crippen LogP) is 3.85. The number of anilines is 1. The zero-order valence-corrected chi connectivity index (χ0v) is 14.2. The van der Waals surface area contributed by atoms with Gasteiger partial charge in [-0.1, -0.05) is 6.07 Å². The molecule has 0 spiro atoms. The largest absolute Gasteiger partial charge is 0.484 e. The Balaban J connectivity index is 2.06. The summed E-state index contributed by atoms with van der Waals surface area (Å²) < 4.78 is 5.52. The lowest BCUT2D eigenvalue weighted by molar-refractivity contribution is -0.384. The summed E-state index contributed by atoms with van der Waals surface area (Å²) in [5.41, 5.74) is 3.99. The third-order valence-electron chi connectivity index (χ3n) is 3.56. The van der Waals surface area contributed by atoms with Gasteiger partial charge in [-0.25, -0.2) is 0 Å². The molecule has 0 bridgehead atoms. The fourth-order valence-corrected chi connectivity index (χ4v) is 2.58. The molecule has 2 rings (SSSR count). The maximum Gasteiger partial charge on any atom is 0.270 e. The minimum atomic E-state index is -0.450. The number of nitrogens with zero attached hydrogens (tertiary/aromatic N) is 1. The first-order chi connectivity index (χ1) is 11.3. The van der Waals surface area contributed by atoms with Gasteiger partial charge in [0.25, 0.3) is 11.6 Å². The van der Waals surface area contributed by atoms with Crippen molar-refractivity contribution in [2.24, 2.45) is 0 Å². The molecule has 0 aliphatic rings. The molecule has 0 atom stereocenters. The fraction of sp³-hybridized carbons (Fsp3) is 0.278. The number of non-ortho nitro benzene ring substituents is 1. The number of hydrogen-bond donors (Lipinski definition) is 1. The van der Waals surface area contributed by atoms with Crippen LogP contribution in [0, 0.1) is 37.8 Å². The molecule has 0 fully saturated rings.